The van der Waals surface area contributed by atoms with Gasteiger partial charge in [-0.3, -0.25) is 9.69 Å². The van der Waals surface area contributed by atoms with Gasteiger partial charge in [0, 0.05) is 38.4 Å². The average molecular weight is 428 g/mol. The molecule has 1 saturated heterocycles. The number of hydrogen-bond acceptors (Lipinski definition) is 5. The molecule has 2 aromatic carbocycles. The van der Waals surface area contributed by atoms with Crippen LogP contribution in [0.1, 0.15) is 12.0 Å². The van der Waals surface area contributed by atoms with Crippen molar-refractivity contribution in [3.05, 3.63) is 53.8 Å². The molecule has 1 atom stereocenters. The molecule has 4 rings (SSSR count). The fraction of sp³-hybridized carbons (Fsp3) is 0.458. The van der Waals surface area contributed by atoms with Crippen molar-refractivity contribution in [2.24, 2.45) is 5.92 Å². The molecule has 7 heteroatoms. The molecule has 6 nitrogen and oxygen atoms in total. The van der Waals surface area contributed by atoms with Crippen molar-refractivity contribution in [3.8, 4) is 11.5 Å². The van der Waals surface area contributed by atoms with Gasteiger partial charge in [-0.25, -0.2) is 4.39 Å². The molecule has 0 saturated carbocycles. The molecule has 0 spiro atoms. The summed E-state index contributed by atoms with van der Waals surface area (Å²) in [4.78, 5) is 17.3. The standard InChI is InChI=1S/C24H30FN3O3/c1-30-22-7-8-23-18(16-22)15-19(17-31-23)24(29)26-9-2-10-27-11-13-28(14-12-27)21-5-3-20(25)4-6-21/h3-8,16,19H,2,9-15,17H2,1H3,(H,26,29)/t19-/m1/s1. The summed E-state index contributed by atoms with van der Waals surface area (Å²) in [5.74, 6) is 1.30. The Balaban J connectivity index is 1.15. The fourth-order valence-electron chi connectivity index (χ4n) is 4.21. The van der Waals surface area contributed by atoms with Crippen LogP contribution in [0.15, 0.2) is 42.5 Å². The van der Waals surface area contributed by atoms with Gasteiger partial charge in [0.15, 0.2) is 0 Å². The molecule has 0 unspecified atom stereocenters. The van der Waals surface area contributed by atoms with Gasteiger partial charge in [-0.1, -0.05) is 0 Å². The van der Waals surface area contributed by atoms with Crippen molar-refractivity contribution in [1.82, 2.24) is 10.2 Å². The van der Waals surface area contributed by atoms with E-state index in [1.807, 2.05) is 30.3 Å². The van der Waals surface area contributed by atoms with Crippen LogP contribution in [0.2, 0.25) is 0 Å². The number of halogens is 1. The van der Waals surface area contributed by atoms with E-state index in [9.17, 15) is 9.18 Å². The highest BCUT2D eigenvalue weighted by Crippen LogP contribution is 2.30. The molecule has 0 aliphatic carbocycles. The smallest absolute Gasteiger partial charge is 0.226 e. The van der Waals surface area contributed by atoms with Crippen LogP contribution in [-0.2, 0) is 11.2 Å². The Kier molecular flexibility index (Phi) is 6.92. The van der Waals surface area contributed by atoms with Crippen LogP contribution in [0.5, 0.6) is 11.5 Å². The monoisotopic (exact) mass is 427 g/mol. The molecular weight excluding hydrogens is 397 g/mol. The van der Waals surface area contributed by atoms with Crippen LogP contribution in [0.4, 0.5) is 10.1 Å². The van der Waals surface area contributed by atoms with Gasteiger partial charge in [0.1, 0.15) is 23.9 Å². The molecule has 2 aliphatic heterocycles. The van der Waals surface area contributed by atoms with Crippen molar-refractivity contribution in [2.45, 2.75) is 12.8 Å². The second-order valence-electron chi connectivity index (χ2n) is 8.14. The minimum atomic E-state index is -0.201. The molecule has 2 aromatic rings. The summed E-state index contributed by atoms with van der Waals surface area (Å²) in [6.07, 6.45) is 1.59. The number of nitrogens with one attached hydrogen (secondary N) is 1. The van der Waals surface area contributed by atoms with E-state index in [2.05, 4.69) is 15.1 Å². The third kappa shape index (κ3) is 5.47. The minimum Gasteiger partial charge on any atom is -0.497 e. The summed E-state index contributed by atoms with van der Waals surface area (Å²) in [6, 6.07) is 12.4. The normalized spacial score (nSPS) is 18.8. The van der Waals surface area contributed by atoms with Crippen LogP contribution >= 0.6 is 0 Å². The van der Waals surface area contributed by atoms with Gasteiger partial charge in [-0.15, -0.1) is 0 Å². The Hall–Kier alpha value is -2.80. The molecule has 0 radical (unpaired) electrons. The van der Waals surface area contributed by atoms with Crippen LogP contribution < -0.4 is 19.7 Å². The summed E-state index contributed by atoms with van der Waals surface area (Å²) >= 11 is 0. The predicted molar refractivity (Wildman–Crippen MR) is 118 cm³/mol. The molecule has 1 N–H and O–H groups in total. The molecule has 166 valence electrons. The third-order valence-corrected chi connectivity index (χ3v) is 6.06. The Labute approximate surface area is 182 Å². The maximum Gasteiger partial charge on any atom is 0.226 e. The first-order valence-corrected chi connectivity index (χ1v) is 10.9. The first kappa shape index (κ1) is 21.4. The molecule has 1 amide bonds. The minimum absolute atomic E-state index is 0.0506. The van der Waals surface area contributed by atoms with E-state index in [0.29, 0.717) is 19.6 Å². The highest BCUT2D eigenvalue weighted by atomic mass is 19.1. The maximum atomic E-state index is 13.1. The largest absolute Gasteiger partial charge is 0.497 e. The van der Waals surface area contributed by atoms with Gasteiger partial charge in [0.05, 0.1) is 13.0 Å². The van der Waals surface area contributed by atoms with Gasteiger partial charge in [-0.2, -0.15) is 0 Å². The van der Waals surface area contributed by atoms with Crippen LogP contribution in [-0.4, -0.2) is 63.8 Å². The number of carbonyl (C=O) groups is 1. The van der Waals surface area contributed by atoms with Gasteiger partial charge < -0.3 is 19.7 Å². The molecule has 0 aromatic heterocycles. The number of benzene rings is 2. The molecule has 2 aliphatic rings. The van der Waals surface area contributed by atoms with Crippen LogP contribution in [0.25, 0.3) is 0 Å². The van der Waals surface area contributed by atoms with E-state index in [-0.39, 0.29) is 17.6 Å². The topological polar surface area (TPSA) is 54.0 Å². The molecule has 2 heterocycles. The SMILES string of the molecule is COc1ccc2c(c1)C[C@@H](C(=O)NCCCN1CCN(c3ccc(F)cc3)CC1)CO2. The zero-order valence-electron chi connectivity index (χ0n) is 18.0. The predicted octanol–water partition coefficient (Wildman–Crippen LogP) is 2.71. The van der Waals surface area contributed by atoms with E-state index >= 15 is 0 Å². The van der Waals surface area contributed by atoms with Gasteiger partial charge >= 0.3 is 0 Å². The molecule has 31 heavy (non-hydrogen) atoms. The molecular formula is C24H30FN3O3. The van der Waals surface area contributed by atoms with E-state index in [1.54, 1.807) is 7.11 Å². The zero-order valence-corrected chi connectivity index (χ0v) is 18.0. The number of nitrogens with zero attached hydrogens (tertiary/aromatic N) is 2. The Morgan fingerprint density at radius 3 is 2.68 bits per heavy atom. The number of piperazine rings is 1. The number of ether oxygens (including phenoxy) is 2. The third-order valence-electron chi connectivity index (χ3n) is 6.06. The number of anilines is 1. The summed E-state index contributed by atoms with van der Waals surface area (Å²) in [6.45, 7) is 5.84. The van der Waals surface area contributed by atoms with Gasteiger partial charge in [0.25, 0.3) is 0 Å². The van der Waals surface area contributed by atoms with Crippen molar-refractivity contribution in [3.63, 3.8) is 0 Å². The van der Waals surface area contributed by atoms with E-state index in [0.717, 1.165) is 61.9 Å². The summed E-state index contributed by atoms with van der Waals surface area (Å²) in [7, 11) is 1.64. The lowest BCUT2D eigenvalue weighted by Gasteiger charge is -2.36. The quantitative estimate of drug-likeness (QED) is 0.689. The van der Waals surface area contributed by atoms with Crippen molar-refractivity contribution in [1.29, 1.82) is 0 Å². The number of amides is 1. The maximum absolute atomic E-state index is 13.1. The number of hydrogen-bond donors (Lipinski definition) is 1. The first-order chi connectivity index (χ1) is 15.1. The number of methoxy groups -OCH3 is 1. The van der Waals surface area contributed by atoms with Crippen LogP contribution in [0.3, 0.4) is 0 Å². The highest BCUT2D eigenvalue weighted by Gasteiger charge is 2.26. The lowest BCUT2D eigenvalue weighted by Crippen LogP contribution is -2.47. The zero-order chi connectivity index (χ0) is 21.6. The molecule has 0 bridgehead atoms. The number of carbonyl (C=O) groups excluding carboxylic acids is 1. The van der Waals surface area contributed by atoms with E-state index < -0.39 is 0 Å². The Bertz CT molecular complexity index is 882. The second kappa shape index (κ2) is 10.0. The number of rotatable bonds is 7. The van der Waals surface area contributed by atoms with Gasteiger partial charge in [-0.05, 0) is 67.4 Å². The lowest BCUT2D eigenvalue weighted by molar-refractivity contribution is -0.126. The first-order valence-electron chi connectivity index (χ1n) is 10.9. The summed E-state index contributed by atoms with van der Waals surface area (Å²) in [5.41, 5.74) is 2.09. The average Bonchev–Trinajstić information content (AvgIpc) is 2.82. The van der Waals surface area contributed by atoms with Crippen molar-refractivity contribution in [2.75, 3.05) is 57.9 Å². The van der Waals surface area contributed by atoms with Gasteiger partial charge in [0.2, 0.25) is 5.91 Å². The highest BCUT2D eigenvalue weighted by molar-refractivity contribution is 5.79. The lowest BCUT2D eigenvalue weighted by atomic mass is 9.96. The fourth-order valence-corrected chi connectivity index (χ4v) is 4.21. The summed E-state index contributed by atoms with van der Waals surface area (Å²) in [5, 5.41) is 3.07. The van der Waals surface area contributed by atoms with Crippen LogP contribution in [0, 0.1) is 11.7 Å². The second-order valence-corrected chi connectivity index (χ2v) is 8.14. The summed E-state index contributed by atoms with van der Waals surface area (Å²) < 4.78 is 24.1. The number of fused-ring (bicyclic) bond motifs is 1. The van der Waals surface area contributed by atoms with Crippen molar-refractivity contribution >= 4 is 11.6 Å². The Morgan fingerprint density at radius 1 is 1.16 bits per heavy atom. The Morgan fingerprint density at radius 2 is 1.94 bits per heavy atom. The van der Waals surface area contributed by atoms with Crippen molar-refractivity contribution < 1.29 is 18.7 Å². The van der Waals surface area contributed by atoms with E-state index in [4.69, 9.17) is 9.47 Å². The van der Waals surface area contributed by atoms with E-state index in [1.165, 1.54) is 12.1 Å². The molecule has 1 fully saturated rings.